The van der Waals surface area contributed by atoms with Crippen LogP contribution in [0.2, 0.25) is 0 Å². The van der Waals surface area contributed by atoms with Crippen LogP contribution in [-0.4, -0.2) is 83.2 Å². The van der Waals surface area contributed by atoms with Crippen molar-refractivity contribution in [2.24, 2.45) is 0 Å². The van der Waals surface area contributed by atoms with Crippen LogP contribution >= 0.6 is 0 Å². The Labute approximate surface area is 140 Å². The topological polar surface area (TPSA) is 84.9 Å². The van der Waals surface area contributed by atoms with Crippen molar-refractivity contribution in [3.63, 3.8) is 0 Å². The zero-order valence-corrected chi connectivity index (χ0v) is 14.0. The van der Waals surface area contributed by atoms with Gasteiger partial charge in [0.1, 0.15) is 6.33 Å². The third kappa shape index (κ3) is 3.25. The van der Waals surface area contributed by atoms with Crippen LogP contribution in [0.25, 0.3) is 0 Å². The molecule has 3 heterocycles. The molecule has 8 nitrogen and oxygen atoms in total. The van der Waals surface area contributed by atoms with Crippen molar-refractivity contribution in [3.8, 4) is 0 Å². The second kappa shape index (κ2) is 6.82. The van der Waals surface area contributed by atoms with Gasteiger partial charge in [0.05, 0.1) is 37.6 Å². The summed E-state index contributed by atoms with van der Waals surface area (Å²) in [4.78, 5) is 37.0. The molecule has 0 aliphatic carbocycles. The maximum absolute atomic E-state index is 12.8. The second-order valence-electron chi connectivity index (χ2n) is 6.23. The summed E-state index contributed by atoms with van der Waals surface area (Å²) in [6.07, 6.45) is 2.93. The minimum Gasteiger partial charge on any atom is -0.378 e. The number of rotatable bonds is 2. The molecule has 0 saturated carbocycles. The number of morpholine rings is 2. The van der Waals surface area contributed by atoms with E-state index in [2.05, 4.69) is 9.97 Å². The highest BCUT2D eigenvalue weighted by Gasteiger charge is 2.43. The minimum absolute atomic E-state index is 0.0932. The van der Waals surface area contributed by atoms with Gasteiger partial charge >= 0.3 is 0 Å². The molecule has 24 heavy (non-hydrogen) atoms. The first kappa shape index (κ1) is 16.8. The van der Waals surface area contributed by atoms with E-state index < -0.39 is 5.60 Å². The molecule has 2 saturated heterocycles. The van der Waals surface area contributed by atoms with Gasteiger partial charge in [-0.1, -0.05) is 0 Å². The minimum atomic E-state index is -1.03. The fourth-order valence-corrected chi connectivity index (χ4v) is 3.04. The normalized spacial score (nSPS) is 24.8. The van der Waals surface area contributed by atoms with Crippen molar-refractivity contribution in [2.75, 3.05) is 46.0 Å². The molecular weight excluding hydrogens is 312 g/mol. The Kier molecular flexibility index (Phi) is 4.77. The Morgan fingerprint density at radius 3 is 2.58 bits per heavy atom. The van der Waals surface area contributed by atoms with E-state index in [1.807, 2.05) is 0 Å². The van der Waals surface area contributed by atoms with Crippen LogP contribution in [0.4, 0.5) is 0 Å². The molecule has 2 amide bonds. The molecule has 130 valence electrons. The van der Waals surface area contributed by atoms with Gasteiger partial charge in [-0.3, -0.25) is 9.59 Å². The number of amides is 2. The van der Waals surface area contributed by atoms with Crippen LogP contribution in [0.1, 0.15) is 23.0 Å². The maximum Gasteiger partial charge on any atom is 0.257 e. The summed E-state index contributed by atoms with van der Waals surface area (Å²) in [5.41, 5.74) is 0.0534. The van der Waals surface area contributed by atoms with Gasteiger partial charge in [-0.15, -0.1) is 0 Å². The van der Waals surface area contributed by atoms with E-state index in [4.69, 9.17) is 9.47 Å². The van der Waals surface area contributed by atoms with Crippen LogP contribution in [-0.2, 0) is 14.3 Å². The van der Waals surface area contributed by atoms with Crippen molar-refractivity contribution in [1.29, 1.82) is 0 Å². The highest BCUT2D eigenvalue weighted by Crippen LogP contribution is 2.23. The van der Waals surface area contributed by atoms with Crippen molar-refractivity contribution in [3.05, 3.63) is 23.8 Å². The van der Waals surface area contributed by atoms with Gasteiger partial charge in [0, 0.05) is 25.8 Å². The highest BCUT2D eigenvalue weighted by atomic mass is 16.5. The monoisotopic (exact) mass is 334 g/mol. The van der Waals surface area contributed by atoms with E-state index >= 15 is 0 Å². The summed E-state index contributed by atoms with van der Waals surface area (Å²) in [6, 6.07) is 0. The van der Waals surface area contributed by atoms with Crippen LogP contribution in [0.3, 0.4) is 0 Å². The highest BCUT2D eigenvalue weighted by molar-refractivity contribution is 5.96. The Hall–Kier alpha value is -2.06. The summed E-state index contributed by atoms with van der Waals surface area (Å²) in [5.74, 6) is -0.262. The van der Waals surface area contributed by atoms with E-state index in [1.165, 1.54) is 12.5 Å². The SMILES string of the molecule is Cc1ncncc1C(=O)N1CCO[C@](C)(C(=O)N2CCOCC2)C1. The molecule has 1 aromatic rings. The molecule has 0 unspecified atom stereocenters. The number of hydrogen-bond acceptors (Lipinski definition) is 6. The van der Waals surface area contributed by atoms with E-state index in [0.717, 1.165) is 0 Å². The van der Waals surface area contributed by atoms with Crippen LogP contribution in [0, 0.1) is 6.92 Å². The predicted molar refractivity (Wildman–Crippen MR) is 84.4 cm³/mol. The predicted octanol–water partition coefficient (Wildman–Crippen LogP) is -0.125. The van der Waals surface area contributed by atoms with E-state index in [-0.39, 0.29) is 18.4 Å². The van der Waals surface area contributed by atoms with Gasteiger partial charge < -0.3 is 19.3 Å². The molecule has 0 N–H and O–H groups in total. The van der Waals surface area contributed by atoms with E-state index in [1.54, 1.807) is 23.6 Å². The Morgan fingerprint density at radius 1 is 1.17 bits per heavy atom. The lowest BCUT2D eigenvalue weighted by Gasteiger charge is -2.42. The molecule has 1 aromatic heterocycles. The molecule has 2 fully saturated rings. The van der Waals surface area contributed by atoms with Gasteiger partial charge in [0.25, 0.3) is 11.8 Å². The Morgan fingerprint density at radius 2 is 1.88 bits per heavy atom. The molecule has 2 aliphatic heterocycles. The molecule has 0 spiro atoms. The van der Waals surface area contributed by atoms with Crippen LogP contribution < -0.4 is 0 Å². The largest absolute Gasteiger partial charge is 0.378 e. The Balaban J connectivity index is 1.74. The van der Waals surface area contributed by atoms with Gasteiger partial charge in [-0.05, 0) is 13.8 Å². The number of carbonyl (C=O) groups is 2. The molecule has 0 aromatic carbocycles. The number of nitrogens with zero attached hydrogens (tertiary/aromatic N) is 4. The summed E-state index contributed by atoms with van der Waals surface area (Å²) in [6.45, 7) is 6.68. The number of aryl methyl sites for hydroxylation is 1. The lowest BCUT2D eigenvalue weighted by atomic mass is 10.0. The van der Waals surface area contributed by atoms with Gasteiger partial charge in [0.2, 0.25) is 0 Å². The quantitative estimate of drug-likeness (QED) is 0.749. The zero-order chi connectivity index (χ0) is 17.2. The third-order valence-corrected chi connectivity index (χ3v) is 4.45. The molecule has 2 aliphatic rings. The fraction of sp³-hybridized carbons (Fsp3) is 0.625. The van der Waals surface area contributed by atoms with Crippen LogP contribution in [0.15, 0.2) is 12.5 Å². The van der Waals surface area contributed by atoms with E-state index in [9.17, 15) is 9.59 Å². The van der Waals surface area contributed by atoms with Crippen molar-refractivity contribution in [1.82, 2.24) is 19.8 Å². The Bertz CT molecular complexity index is 632. The van der Waals surface area contributed by atoms with Gasteiger partial charge in [-0.25, -0.2) is 9.97 Å². The number of hydrogen-bond donors (Lipinski definition) is 0. The average molecular weight is 334 g/mol. The van der Waals surface area contributed by atoms with Gasteiger partial charge in [0.15, 0.2) is 5.60 Å². The van der Waals surface area contributed by atoms with Crippen molar-refractivity contribution in [2.45, 2.75) is 19.4 Å². The first-order chi connectivity index (χ1) is 11.5. The standard InChI is InChI=1S/C16H22N4O4/c1-12-13(9-17-11-18-12)14(21)20-5-8-24-16(2,10-20)15(22)19-3-6-23-7-4-19/h9,11H,3-8,10H2,1-2H3/t16-/m0/s1. The maximum atomic E-state index is 12.8. The second-order valence-corrected chi connectivity index (χ2v) is 6.23. The summed E-state index contributed by atoms with van der Waals surface area (Å²) in [5, 5.41) is 0. The fourth-order valence-electron chi connectivity index (χ4n) is 3.04. The molecule has 3 rings (SSSR count). The first-order valence-corrected chi connectivity index (χ1v) is 8.08. The van der Waals surface area contributed by atoms with Crippen LogP contribution in [0.5, 0.6) is 0 Å². The summed E-state index contributed by atoms with van der Waals surface area (Å²) < 4.78 is 11.1. The lowest BCUT2D eigenvalue weighted by molar-refractivity contribution is -0.168. The number of ether oxygens (including phenoxy) is 2. The summed E-state index contributed by atoms with van der Waals surface area (Å²) in [7, 11) is 0. The van der Waals surface area contributed by atoms with E-state index in [0.29, 0.717) is 50.7 Å². The molecule has 0 radical (unpaired) electrons. The molecule has 8 heteroatoms. The summed E-state index contributed by atoms with van der Waals surface area (Å²) >= 11 is 0. The number of carbonyl (C=O) groups excluding carboxylic acids is 2. The molecule has 1 atom stereocenters. The smallest absolute Gasteiger partial charge is 0.257 e. The van der Waals surface area contributed by atoms with Crippen molar-refractivity contribution >= 4 is 11.8 Å². The number of aromatic nitrogens is 2. The van der Waals surface area contributed by atoms with Gasteiger partial charge in [-0.2, -0.15) is 0 Å². The molecule has 0 bridgehead atoms. The third-order valence-electron chi connectivity index (χ3n) is 4.45. The van der Waals surface area contributed by atoms with Crippen molar-refractivity contribution < 1.29 is 19.1 Å². The first-order valence-electron chi connectivity index (χ1n) is 8.08. The molecular formula is C16H22N4O4. The average Bonchev–Trinajstić information content (AvgIpc) is 2.62. The zero-order valence-electron chi connectivity index (χ0n) is 14.0. The lowest BCUT2D eigenvalue weighted by Crippen LogP contribution is -2.61.